The number of hydrogen-bond donors (Lipinski definition) is 2. The maximum absolute atomic E-state index is 13.7. The lowest BCUT2D eigenvalue weighted by atomic mass is 10.1. The molecule has 0 bridgehead atoms. The van der Waals surface area contributed by atoms with Gasteiger partial charge >= 0.3 is 6.09 Å². The quantitative estimate of drug-likeness (QED) is 0.501. The second kappa shape index (κ2) is 9.28. The summed E-state index contributed by atoms with van der Waals surface area (Å²) < 4.78 is 39.1. The fraction of sp³-hybridized carbons (Fsp3) is 0.364. The molecule has 1 heterocycles. The minimum Gasteiger partial charge on any atom is -0.488 e. The normalized spacial score (nSPS) is 16.1. The molecule has 0 saturated heterocycles. The van der Waals surface area contributed by atoms with Crippen LogP contribution in [0.25, 0.3) is 0 Å². The number of nitrogens with one attached hydrogen (secondary N) is 1. The fourth-order valence-electron chi connectivity index (χ4n) is 3.47. The second-order valence-corrected chi connectivity index (χ2v) is 10.1. The number of benzene rings is 2. The summed E-state index contributed by atoms with van der Waals surface area (Å²) in [5.41, 5.74) is 1.39. The predicted octanol–water partition coefficient (Wildman–Crippen LogP) is 2.91. The van der Waals surface area contributed by atoms with Crippen LogP contribution in [-0.4, -0.2) is 50.4 Å². The molecule has 2 aromatic carbocycles. The monoisotopic (exact) mass is 477 g/mol. The van der Waals surface area contributed by atoms with Crippen molar-refractivity contribution in [1.29, 1.82) is 0 Å². The van der Waals surface area contributed by atoms with E-state index in [2.05, 4.69) is 0 Å². The van der Waals surface area contributed by atoms with E-state index in [1.165, 1.54) is 40.7 Å². The molecule has 2 N–H and O–H groups in total. The van der Waals surface area contributed by atoms with E-state index >= 15 is 0 Å². The van der Waals surface area contributed by atoms with Crippen LogP contribution in [0.3, 0.4) is 0 Å². The van der Waals surface area contributed by atoms with E-state index in [0.29, 0.717) is 5.75 Å². The van der Waals surface area contributed by atoms with Gasteiger partial charge in [-0.15, -0.1) is 0 Å². The molecule has 178 valence electrons. The van der Waals surface area contributed by atoms with Crippen molar-refractivity contribution >= 4 is 33.4 Å². The van der Waals surface area contributed by atoms with Gasteiger partial charge in [0.1, 0.15) is 17.4 Å². The zero-order valence-corrected chi connectivity index (χ0v) is 19.6. The lowest BCUT2D eigenvalue weighted by Gasteiger charge is -2.40. The number of rotatable bonds is 5. The Morgan fingerprint density at radius 2 is 1.70 bits per heavy atom. The molecule has 11 heteroatoms. The number of amides is 2. The summed E-state index contributed by atoms with van der Waals surface area (Å²) >= 11 is 0. The molecule has 0 unspecified atom stereocenters. The molecule has 1 aliphatic rings. The molecule has 1 aliphatic heterocycles. The molecule has 2 amide bonds. The Labute approximate surface area is 192 Å². The second-order valence-electron chi connectivity index (χ2n) is 8.28. The smallest absolute Gasteiger partial charge is 0.414 e. The van der Waals surface area contributed by atoms with Gasteiger partial charge in [-0.1, -0.05) is 12.1 Å². The molecule has 1 atom stereocenters. The van der Waals surface area contributed by atoms with Crippen molar-refractivity contribution in [3.05, 3.63) is 48.5 Å². The molecular weight excluding hydrogens is 450 g/mol. The van der Waals surface area contributed by atoms with Crippen LogP contribution >= 0.6 is 0 Å². The minimum atomic E-state index is -4.27. The number of fused-ring (bicyclic) bond motifs is 1. The summed E-state index contributed by atoms with van der Waals surface area (Å²) in [5, 5.41) is 9.29. The molecule has 33 heavy (non-hydrogen) atoms. The van der Waals surface area contributed by atoms with E-state index in [-0.39, 0.29) is 29.4 Å². The van der Waals surface area contributed by atoms with Gasteiger partial charge < -0.3 is 9.47 Å². The molecule has 0 fully saturated rings. The van der Waals surface area contributed by atoms with Crippen molar-refractivity contribution in [1.82, 2.24) is 5.48 Å². The first-order valence-corrected chi connectivity index (χ1v) is 11.7. The van der Waals surface area contributed by atoms with Gasteiger partial charge in [0.2, 0.25) is 0 Å². The maximum atomic E-state index is 13.7. The van der Waals surface area contributed by atoms with E-state index in [9.17, 15) is 23.2 Å². The van der Waals surface area contributed by atoms with Gasteiger partial charge in [-0.05, 0) is 64.1 Å². The zero-order valence-electron chi connectivity index (χ0n) is 18.8. The highest BCUT2D eigenvalue weighted by molar-refractivity contribution is 7.93. The summed E-state index contributed by atoms with van der Waals surface area (Å²) in [6, 6.07) is 10.6. The van der Waals surface area contributed by atoms with Crippen LogP contribution in [0.2, 0.25) is 0 Å². The maximum Gasteiger partial charge on any atom is 0.414 e. The van der Waals surface area contributed by atoms with Gasteiger partial charge in [0.05, 0.1) is 29.4 Å². The highest BCUT2D eigenvalue weighted by atomic mass is 32.2. The van der Waals surface area contributed by atoms with E-state index in [0.717, 1.165) is 4.31 Å². The molecule has 0 radical (unpaired) electrons. The average molecular weight is 478 g/mol. The Morgan fingerprint density at radius 3 is 2.24 bits per heavy atom. The van der Waals surface area contributed by atoms with Crippen molar-refractivity contribution in [3.8, 4) is 5.75 Å². The SMILES string of the molecule is CCOC(=O)N1C[C@H](C(=O)NO)N(S(=O)(=O)c2ccc(OC(C)(C)C)cc2)c2ccccc21. The first-order valence-electron chi connectivity index (χ1n) is 10.3. The van der Waals surface area contributed by atoms with Crippen LogP contribution in [0, 0.1) is 0 Å². The van der Waals surface area contributed by atoms with Crippen LogP contribution in [-0.2, 0) is 19.6 Å². The topological polar surface area (TPSA) is 125 Å². The average Bonchev–Trinajstić information content (AvgIpc) is 2.76. The zero-order chi connectivity index (χ0) is 24.4. The number of anilines is 2. The van der Waals surface area contributed by atoms with Gasteiger partial charge in [-0.3, -0.25) is 14.9 Å². The molecule has 10 nitrogen and oxygen atoms in total. The van der Waals surface area contributed by atoms with Crippen molar-refractivity contribution in [2.75, 3.05) is 22.4 Å². The minimum absolute atomic E-state index is 0.0844. The molecular formula is C22H27N3O7S. The third-order valence-electron chi connectivity index (χ3n) is 4.75. The number of carbonyl (C=O) groups is 2. The number of hydrogen-bond acceptors (Lipinski definition) is 7. The van der Waals surface area contributed by atoms with Crippen LogP contribution in [0.5, 0.6) is 5.75 Å². The highest BCUT2D eigenvalue weighted by Crippen LogP contribution is 2.39. The van der Waals surface area contributed by atoms with Crippen LogP contribution in [0.4, 0.5) is 16.2 Å². The van der Waals surface area contributed by atoms with Gasteiger partial charge in [-0.2, -0.15) is 0 Å². The standard InChI is InChI=1S/C22H27N3O7S/c1-5-31-21(27)24-14-19(20(26)23-28)25(18-9-7-6-8-17(18)24)33(29,30)16-12-10-15(11-13-16)32-22(2,3)4/h6-13,19,28H,5,14H2,1-4H3,(H,23,26)/t19-/m1/s1. The fourth-order valence-corrected chi connectivity index (χ4v) is 5.09. The summed E-state index contributed by atoms with van der Waals surface area (Å²) in [5.74, 6) is -0.506. The van der Waals surface area contributed by atoms with E-state index in [1.807, 2.05) is 20.8 Å². The van der Waals surface area contributed by atoms with Gasteiger partial charge in [0, 0.05) is 0 Å². The van der Waals surface area contributed by atoms with Crippen molar-refractivity contribution < 1.29 is 32.7 Å². The van der Waals surface area contributed by atoms with Gasteiger partial charge in [0.25, 0.3) is 15.9 Å². The summed E-state index contributed by atoms with van der Waals surface area (Å²) in [6.07, 6.45) is -0.735. The Bertz CT molecular complexity index is 1130. The Kier molecular flexibility index (Phi) is 6.84. The van der Waals surface area contributed by atoms with Gasteiger partial charge in [0.15, 0.2) is 0 Å². The largest absolute Gasteiger partial charge is 0.488 e. The Morgan fingerprint density at radius 1 is 1.09 bits per heavy atom. The van der Waals surface area contributed by atoms with E-state index in [4.69, 9.17) is 9.47 Å². The molecule has 0 spiro atoms. The third kappa shape index (κ3) is 5.04. The highest BCUT2D eigenvalue weighted by Gasteiger charge is 2.44. The van der Waals surface area contributed by atoms with Gasteiger partial charge in [-0.25, -0.2) is 23.0 Å². The molecule has 2 aromatic rings. The van der Waals surface area contributed by atoms with Crippen molar-refractivity contribution in [3.63, 3.8) is 0 Å². The molecule has 0 aromatic heterocycles. The predicted molar refractivity (Wildman–Crippen MR) is 121 cm³/mol. The molecule has 0 aliphatic carbocycles. The van der Waals surface area contributed by atoms with E-state index in [1.54, 1.807) is 25.1 Å². The number of hydroxylamine groups is 1. The number of para-hydroxylation sites is 2. The first-order chi connectivity index (χ1) is 15.5. The van der Waals surface area contributed by atoms with Crippen LogP contribution < -0.4 is 19.4 Å². The summed E-state index contributed by atoms with van der Waals surface area (Å²) in [6.45, 7) is 6.99. The summed E-state index contributed by atoms with van der Waals surface area (Å²) in [4.78, 5) is 26.1. The van der Waals surface area contributed by atoms with E-state index < -0.39 is 33.7 Å². The lowest BCUT2D eigenvalue weighted by Crippen LogP contribution is -2.58. The van der Waals surface area contributed by atoms with Crippen LogP contribution in [0.1, 0.15) is 27.7 Å². The summed E-state index contributed by atoms with van der Waals surface area (Å²) in [7, 11) is -4.27. The first kappa shape index (κ1) is 24.3. The third-order valence-corrected chi connectivity index (χ3v) is 6.59. The molecule has 0 saturated carbocycles. The van der Waals surface area contributed by atoms with Crippen molar-refractivity contribution in [2.24, 2.45) is 0 Å². The Hall–Kier alpha value is -3.31. The van der Waals surface area contributed by atoms with Crippen LogP contribution in [0.15, 0.2) is 53.4 Å². The molecule has 3 rings (SSSR count). The van der Waals surface area contributed by atoms with Crippen molar-refractivity contribution in [2.45, 2.75) is 44.2 Å². The number of sulfonamides is 1. The lowest BCUT2D eigenvalue weighted by molar-refractivity contribution is -0.130. The number of carbonyl (C=O) groups excluding carboxylic acids is 2. The Balaban J connectivity index is 2.10. The number of ether oxygens (including phenoxy) is 2. The number of nitrogens with zero attached hydrogens (tertiary/aromatic N) is 2.